The molecule has 1 heterocycles. The largest absolute Gasteiger partial charge is 0.325 e. The molecule has 0 radical (unpaired) electrons. The summed E-state index contributed by atoms with van der Waals surface area (Å²) in [6.07, 6.45) is 0.345. The summed E-state index contributed by atoms with van der Waals surface area (Å²) in [5.41, 5.74) is 2.61. The Hall–Kier alpha value is -3.09. The zero-order chi connectivity index (χ0) is 16.9. The molecule has 3 rings (SSSR count). The standard InChI is InChI=1S/C17H16FN5O/c1-11-2-8-14(9-3-11)19-17(24)15(16-20-22-23-21-16)10-12-4-6-13(18)7-5-12/h2-9,15H,10H2,1H3,(H,19,24)(H,20,21,22,23)/t15-/m1/s1. The number of hydrogen-bond donors (Lipinski definition) is 2. The van der Waals surface area contributed by atoms with E-state index in [1.165, 1.54) is 12.1 Å². The van der Waals surface area contributed by atoms with Crippen molar-refractivity contribution in [2.24, 2.45) is 0 Å². The highest BCUT2D eigenvalue weighted by atomic mass is 19.1. The summed E-state index contributed by atoms with van der Waals surface area (Å²) < 4.78 is 13.1. The van der Waals surface area contributed by atoms with E-state index in [0.29, 0.717) is 17.9 Å². The topological polar surface area (TPSA) is 83.6 Å². The molecule has 6 nitrogen and oxygen atoms in total. The molecular formula is C17H16FN5O. The van der Waals surface area contributed by atoms with Crippen LogP contribution in [-0.2, 0) is 11.2 Å². The normalized spacial score (nSPS) is 11.9. The van der Waals surface area contributed by atoms with Crippen molar-refractivity contribution in [3.8, 4) is 0 Å². The molecule has 0 fully saturated rings. The highest BCUT2D eigenvalue weighted by Crippen LogP contribution is 2.20. The SMILES string of the molecule is Cc1ccc(NC(=O)[C@H](Cc2ccc(F)cc2)c2nn[nH]n2)cc1. The monoisotopic (exact) mass is 325 g/mol. The first-order valence-corrected chi connectivity index (χ1v) is 7.47. The van der Waals surface area contributed by atoms with Gasteiger partial charge in [0.05, 0.1) is 0 Å². The van der Waals surface area contributed by atoms with Crippen molar-refractivity contribution in [1.29, 1.82) is 0 Å². The summed E-state index contributed by atoms with van der Waals surface area (Å²) in [5.74, 6) is -0.900. The Morgan fingerprint density at radius 3 is 2.50 bits per heavy atom. The number of hydrogen-bond acceptors (Lipinski definition) is 4. The number of rotatable bonds is 5. The third kappa shape index (κ3) is 3.81. The second-order valence-corrected chi connectivity index (χ2v) is 5.51. The summed E-state index contributed by atoms with van der Waals surface area (Å²) in [6.45, 7) is 1.97. The van der Waals surface area contributed by atoms with Crippen LogP contribution in [0.15, 0.2) is 48.5 Å². The molecule has 2 aromatic carbocycles. The van der Waals surface area contributed by atoms with Crippen LogP contribution in [0.1, 0.15) is 22.9 Å². The van der Waals surface area contributed by atoms with Gasteiger partial charge in [-0.05, 0) is 43.2 Å². The number of H-pyrrole nitrogens is 1. The Kier molecular flexibility index (Phi) is 4.60. The third-order valence-corrected chi connectivity index (χ3v) is 3.66. The molecule has 1 aromatic heterocycles. The predicted molar refractivity (Wildman–Crippen MR) is 86.8 cm³/mol. The number of amides is 1. The van der Waals surface area contributed by atoms with Crippen LogP contribution >= 0.6 is 0 Å². The van der Waals surface area contributed by atoms with Gasteiger partial charge < -0.3 is 5.32 Å². The Morgan fingerprint density at radius 2 is 1.88 bits per heavy atom. The molecule has 0 aliphatic carbocycles. The van der Waals surface area contributed by atoms with Crippen LogP contribution in [0.25, 0.3) is 0 Å². The molecule has 0 saturated heterocycles. The van der Waals surface area contributed by atoms with Crippen LogP contribution < -0.4 is 5.32 Å². The molecule has 122 valence electrons. The van der Waals surface area contributed by atoms with E-state index in [1.54, 1.807) is 12.1 Å². The minimum absolute atomic E-state index is 0.246. The molecule has 0 spiro atoms. The molecule has 0 unspecified atom stereocenters. The van der Waals surface area contributed by atoms with Crippen LogP contribution in [-0.4, -0.2) is 26.5 Å². The molecule has 24 heavy (non-hydrogen) atoms. The van der Waals surface area contributed by atoms with Crippen LogP contribution in [0, 0.1) is 12.7 Å². The van der Waals surface area contributed by atoms with Gasteiger partial charge >= 0.3 is 0 Å². The van der Waals surface area contributed by atoms with Gasteiger partial charge in [0.2, 0.25) is 5.91 Å². The first-order chi connectivity index (χ1) is 11.6. The Morgan fingerprint density at radius 1 is 1.17 bits per heavy atom. The van der Waals surface area contributed by atoms with Gasteiger partial charge in [-0.15, -0.1) is 10.2 Å². The highest BCUT2D eigenvalue weighted by molar-refractivity contribution is 5.95. The summed E-state index contributed by atoms with van der Waals surface area (Å²) in [4.78, 5) is 12.7. The zero-order valence-corrected chi connectivity index (χ0v) is 13.0. The van der Waals surface area contributed by atoms with E-state index in [0.717, 1.165) is 11.1 Å². The van der Waals surface area contributed by atoms with Gasteiger partial charge in [-0.3, -0.25) is 4.79 Å². The summed E-state index contributed by atoms with van der Waals surface area (Å²) >= 11 is 0. The number of nitrogens with one attached hydrogen (secondary N) is 2. The number of aromatic nitrogens is 4. The zero-order valence-electron chi connectivity index (χ0n) is 13.0. The fourth-order valence-electron chi connectivity index (χ4n) is 2.34. The fraction of sp³-hybridized carbons (Fsp3) is 0.176. The van der Waals surface area contributed by atoms with Crippen LogP contribution in [0.4, 0.5) is 10.1 Å². The molecule has 1 amide bonds. The van der Waals surface area contributed by atoms with Gasteiger partial charge in [-0.2, -0.15) is 5.21 Å². The van der Waals surface area contributed by atoms with Crippen molar-refractivity contribution in [1.82, 2.24) is 20.6 Å². The quantitative estimate of drug-likeness (QED) is 0.755. The van der Waals surface area contributed by atoms with Crippen molar-refractivity contribution in [3.05, 3.63) is 71.3 Å². The maximum absolute atomic E-state index is 13.1. The van der Waals surface area contributed by atoms with Gasteiger partial charge in [-0.1, -0.05) is 35.0 Å². The number of tetrazole rings is 1. The van der Waals surface area contributed by atoms with Crippen molar-refractivity contribution in [3.63, 3.8) is 0 Å². The molecule has 1 atom stereocenters. The third-order valence-electron chi connectivity index (χ3n) is 3.66. The fourth-order valence-corrected chi connectivity index (χ4v) is 2.34. The van der Waals surface area contributed by atoms with E-state index in [-0.39, 0.29) is 11.7 Å². The number of carbonyl (C=O) groups excluding carboxylic acids is 1. The summed E-state index contributed by atoms with van der Waals surface area (Å²) in [6, 6.07) is 13.5. The maximum atomic E-state index is 13.1. The van der Waals surface area contributed by atoms with Gasteiger partial charge in [0.15, 0.2) is 5.82 Å². The van der Waals surface area contributed by atoms with Crippen molar-refractivity contribution in [2.45, 2.75) is 19.3 Å². The predicted octanol–water partition coefficient (Wildman–Crippen LogP) is 2.61. The van der Waals surface area contributed by atoms with E-state index in [1.807, 2.05) is 31.2 Å². The lowest BCUT2D eigenvalue weighted by atomic mass is 9.97. The second-order valence-electron chi connectivity index (χ2n) is 5.51. The van der Waals surface area contributed by atoms with E-state index in [4.69, 9.17) is 0 Å². The number of halogens is 1. The molecule has 2 N–H and O–H groups in total. The smallest absolute Gasteiger partial charge is 0.235 e. The van der Waals surface area contributed by atoms with Crippen LogP contribution in [0.2, 0.25) is 0 Å². The molecule has 0 aliphatic heterocycles. The number of carbonyl (C=O) groups is 1. The minimum atomic E-state index is -0.629. The number of benzene rings is 2. The van der Waals surface area contributed by atoms with E-state index in [9.17, 15) is 9.18 Å². The first-order valence-electron chi connectivity index (χ1n) is 7.47. The van der Waals surface area contributed by atoms with Gasteiger partial charge in [0.1, 0.15) is 11.7 Å². The number of aryl methyl sites for hydroxylation is 1. The first kappa shape index (κ1) is 15.8. The molecule has 0 bridgehead atoms. The van der Waals surface area contributed by atoms with Gasteiger partial charge in [0.25, 0.3) is 0 Å². The summed E-state index contributed by atoms with van der Waals surface area (Å²) in [5, 5.41) is 16.6. The average molecular weight is 325 g/mol. The lowest BCUT2D eigenvalue weighted by molar-refractivity contribution is -0.117. The lowest BCUT2D eigenvalue weighted by Gasteiger charge is -2.14. The van der Waals surface area contributed by atoms with E-state index < -0.39 is 5.92 Å². The second kappa shape index (κ2) is 6.99. The maximum Gasteiger partial charge on any atom is 0.235 e. The molecule has 0 saturated carbocycles. The number of anilines is 1. The minimum Gasteiger partial charge on any atom is -0.325 e. The summed E-state index contributed by atoms with van der Waals surface area (Å²) in [7, 11) is 0. The van der Waals surface area contributed by atoms with Crippen LogP contribution in [0.5, 0.6) is 0 Å². The Labute approximate surface area is 138 Å². The Balaban J connectivity index is 1.80. The number of aromatic amines is 1. The van der Waals surface area contributed by atoms with Gasteiger partial charge in [0, 0.05) is 5.69 Å². The van der Waals surface area contributed by atoms with Crippen molar-refractivity contribution in [2.75, 3.05) is 5.32 Å². The number of nitrogens with zero attached hydrogens (tertiary/aromatic N) is 3. The lowest BCUT2D eigenvalue weighted by Crippen LogP contribution is -2.24. The van der Waals surface area contributed by atoms with Crippen molar-refractivity contribution >= 4 is 11.6 Å². The van der Waals surface area contributed by atoms with Gasteiger partial charge in [-0.25, -0.2) is 4.39 Å². The Bertz CT molecular complexity index is 800. The van der Waals surface area contributed by atoms with E-state index >= 15 is 0 Å². The molecule has 3 aromatic rings. The van der Waals surface area contributed by atoms with Crippen molar-refractivity contribution < 1.29 is 9.18 Å². The highest BCUT2D eigenvalue weighted by Gasteiger charge is 2.25. The molecular weight excluding hydrogens is 309 g/mol. The van der Waals surface area contributed by atoms with E-state index in [2.05, 4.69) is 25.9 Å². The average Bonchev–Trinajstić information content (AvgIpc) is 3.10. The van der Waals surface area contributed by atoms with Crippen LogP contribution in [0.3, 0.4) is 0 Å². The molecule has 7 heteroatoms. The molecule has 0 aliphatic rings.